The molecule has 0 radical (unpaired) electrons. The van der Waals surface area contributed by atoms with E-state index in [2.05, 4.69) is 15.5 Å². The van der Waals surface area contributed by atoms with Crippen LogP contribution in [0.2, 0.25) is 5.02 Å². The molecule has 0 atom stereocenters. The summed E-state index contributed by atoms with van der Waals surface area (Å²) in [7, 11) is 3.24. The second-order valence-corrected chi connectivity index (χ2v) is 8.35. The molecular formula is C20H17ClN4O3S2. The van der Waals surface area contributed by atoms with Gasteiger partial charge in [0.15, 0.2) is 5.16 Å². The Kier molecular flexibility index (Phi) is 6.12. The summed E-state index contributed by atoms with van der Waals surface area (Å²) in [4.78, 5) is 13.1. The predicted molar refractivity (Wildman–Crippen MR) is 120 cm³/mol. The third-order valence-corrected chi connectivity index (χ3v) is 6.26. The van der Waals surface area contributed by atoms with Gasteiger partial charge in [-0.3, -0.25) is 9.20 Å². The first-order valence-electron chi connectivity index (χ1n) is 8.82. The average molecular weight is 461 g/mol. The second kappa shape index (κ2) is 8.95. The fraction of sp³-hybridized carbons (Fsp3) is 0.150. The lowest BCUT2D eigenvalue weighted by atomic mass is 10.1. The average Bonchev–Trinajstić information content (AvgIpc) is 3.36. The zero-order valence-electron chi connectivity index (χ0n) is 16.1. The third kappa shape index (κ3) is 4.23. The number of anilines is 1. The number of thioether (sulfide) groups is 1. The van der Waals surface area contributed by atoms with E-state index >= 15 is 0 Å². The Morgan fingerprint density at radius 1 is 1.17 bits per heavy atom. The van der Waals surface area contributed by atoms with E-state index in [0.29, 0.717) is 21.6 Å². The lowest BCUT2D eigenvalue weighted by Gasteiger charge is -2.10. The molecule has 2 heterocycles. The first-order chi connectivity index (χ1) is 14.6. The van der Waals surface area contributed by atoms with E-state index in [1.54, 1.807) is 38.5 Å². The van der Waals surface area contributed by atoms with Gasteiger partial charge in [0.05, 0.1) is 25.7 Å². The van der Waals surface area contributed by atoms with E-state index in [4.69, 9.17) is 21.1 Å². The van der Waals surface area contributed by atoms with Gasteiger partial charge in [-0.25, -0.2) is 0 Å². The highest BCUT2D eigenvalue weighted by molar-refractivity contribution is 7.99. The molecule has 30 heavy (non-hydrogen) atoms. The maximum Gasteiger partial charge on any atom is 0.234 e. The van der Waals surface area contributed by atoms with Crippen molar-refractivity contribution in [1.29, 1.82) is 0 Å². The minimum absolute atomic E-state index is 0.144. The van der Waals surface area contributed by atoms with Gasteiger partial charge in [0.2, 0.25) is 10.9 Å². The Morgan fingerprint density at radius 2 is 1.97 bits per heavy atom. The zero-order valence-corrected chi connectivity index (χ0v) is 18.5. The van der Waals surface area contributed by atoms with Crippen LogP contribution in [0.3, 0.4) is 0 Å². The van der Waals surface area contributed by atoms with Crippen molar-refractivity contribution in [2.75, 3.05) is 25.3 Å². The van der Waals surface area contributed by atoms with Crippen molar-refractivity contribution in [1.82, 2.24) is 14.6 Å². The molecule has 10 heteroatoms. The molecule has 0 saturated carbocycles. The van der Waals surface area contributed by atoms with Gasteiger partial charge in [0, 0.05) is 21.7 Å². The van der Waals surface area contributed by atoms with Crippen LogP contribution >= 0.6 is 34.7 Å². The van der Waals surface area contributed by atoms with Crippen molar-refractivity contribution in [3.8, 4) is 22.8 Å². The summed E-state index contributed by atoms with van der Waals surface area (Å²) in [6.07, 6.45) is 0. The second-order valence-electron chi connectivity index (χ2n) is 6.13. The number of ether oxygens (including phenoxy) is 2. The van der Waals surface area contributed by atoms with Gasteiger partial charge in [-0.2, -0.15) is 0 Å². The molecule has 4 rings (SSSR count). The molecule has 7 nitrogen and oxygen atoms in total. The standard InChI is InChI=1S/C20H17ClN4O3S2/c1-27-14-7-8-17(28-2)15(9-14)16-10-29-19-23-24-20(25(16)19)30-11-18(26)22-13-5-3-12(21)4-6-13/h3-10H,11H2,1-2H3,(H,22,26). The quantitative estimate of drug-likeness (QED) is 0.397. The van der Waals surface area contributed by atoms with E-state index in [0.717, 1.165) is 22.0 Å². The number of hydrogen-bond acceptors (Lipinski definition) is 7. The van der Waals surface area contributed by atoms with Crippen molar-refractivity contribution >= 4 is 51.3 Å². The van der Waals surface area contributed by atoms with Crippen LogP contribution in [0.25, 0.3) is 16.2 Å². The highest BCUT2D eigenvalue weighted by Crippen LogP contribution is 2.37. The number of hydrogen-bond donors (Lipinski definition) is 1. The molecule has 2 aromatic carbocycles. The molecule has 1 N–H and O–H groups in total. The smallest absolute Gasteiger partial charge is 0.234 e. The van der Waals surface area contributed by atoms with E-state index in [9.17, 15) is 4.79 Å². The molecular weight excluding hydrogens is 444 g/mol. The predicted octanol–water partition coefficient (Wildman–Crippen LogP) is 4.86. The molecule has 0 saturated heterocycles. The van der Waals surface area contributed by atoms with Crippen LogP contribution in [0.1, 0.15) is 0 Å². The third-order valence-electron chi connectivity index (χ3n) is 4.26. The molecule has 0 aliphatic rings. The lowest BCUT2D eigenvalue weighted by molar-refractivity contribution is -0.113. The number of benzene rings is 2. The number of aromatic nitrogens is 3. The van der Waals surface area contributed by atoms with Gasteiger partial charge in [0.25, 0.3) is 0 Å². The number of thiazole rings is 1. The fourth-order valence-electron chi connectivity index (χ4n) is 2.85. The SMILES string of the molecule is COc1ccc(OC)c(-c2csc3nnc(SCC(=O)Nc4ccc(Cl)cc4)n23)c1. The number of fused-ring (bicyclic) bond motifs is 1. The monoisotopic (exact) mass is 460 g/mol. The number of nitrogens with zero attached hydrogens (tertiary/aromatic N) is 3. The summed E-state index contributed by atoms with van der Waals surface area (Å²) in [5.41, 5.74) is 2.42. The van der Waals surface area contributed by atoms with Crippen LogP contribution in [0.15, 0.2) is 53.0 Å². The highest BCUT2D eigenvalue weighted by Gasteiger charge is 2.18. The first kappa shape index (κ1) is 20.5. The Morgan fingerprint density at radius 3 is 2.70 bits per heavy atom. The minimum atomic E-state index is -0.144. The maximum atomic E-state index is 12.3. The Labute approximate surface area is 186 Å². The summed E-state index contributed by atoms with van der Waals surface area (Å²) >= 11 is 8.65. The van der Waals surface area contributed by atoms with E-state index in [1.807, 2.05) is 28.0 Å². The van der Waals surface area contributed by atoms with Crippen LogP contribution in [0.4, 0.5) is 5.69 Å². The lowest BCUT2D eigenvalue weighted by Crippen LogP contribution is -2.14. The normalized spacial score (nSPS) is 10.9. The van der Waals surface area contributed by atoms with Gasteiger partial charge < -0.3 is 14.8 Å². The van der Waals surface area contributed by atoms with Crippen molar-refractivity contribution in [3.05, 3.63) is 52.9 Å². The van der Waals surface area contributed by atoms with Crippen LogP contribution in [-0.2, 0) is 4.79 Å². The topological polar surface area (TPSA) is 77.8 Å². The molecule has 154 valence electrons. The zero-order chi connectivity index (χ0) is 21.1. The van der Waals surface area contributed by atoms with Gasteiger partial charge in [0.1, 0.15) is 11.5 Å². The Bertz CT molecular complexity index is 1190. The summed E-state index contributed by atoms with van der Waals surface area (Å²) in [6.45, 7) is 0. The van der Waals surface area contributed by atoms with Crippen LogP contribution in [-0.4, -0.2) is 40.5 Å². The Hall–Kier alpha value is -2.75. The number of nitrogens with one attached hydrogen (secondary N) is 1. The molecule has 0 spiro atoms. The number of methoxy groups -OCH3 is 2. The molecule has 2 aromatic heterocycles. The molecule has 0 aliphatic carbocycles. The fourth-order valence-corrected chi connectivity index (χ4v) is 4.61. The molecule has 1 amide bonds. The van der Waals surface area contributed by atoms with Crippen LogP contribution in [0.5, 0.6) is 11.5 Å². The van der Waals surface area contributed by atoms with Gasteiger partial charge in [-0.05, 0) is 42.5 Å². The number of amides is 1. The number of carbonyl (C=O) groups is 1. The molecule has 0 unspecified atom stereocenters. The first-order valence-corrected chi connectivity index (χ1v) is 11.1. The van der Waals surface area contributed by atoms with Crippen molar-refractivity contribution < 1.29 is 14.3 Å². The van der Waals surface area contributed by atoms with Crippen LogP contribution < -0.4 is 14.8 Å². The van der Waals surface area contributed by atoms with Gasteiger partial charge in [-0.15, -0.1) is 21.5 Å². The largest absolute Gasteiger partial charge is 0.497 e. The van der Waals surface area contributed by atoms with E-state index in [1.165, 1.54) is 23.1 Å². The molecule has 0 bridgehead atoms. The number of carbonyl (C=O) groups excluding carboxylic acids is 1. The number of halogens is 1. The van der Waals surface area contributed by atoms with Gasteiger partial charge in [-0.1, -0.05) is 23.4 Å². The molecule has 4 aromatic rings. The van der Waals surface area contributed by atoms with Crippen molar-refractivity contribution in [2.45, 2.75) is 5.16 Å². The summed E-state index contributed by atoms with van der Waals surface area (Å²) < 4.78 is 12.8. The number of rotatable bonds is 7. The van der Waals surface area contributed by atoms with Crippen LogP contribution in [0, 0.1) is 0 Å². The Balaban J connectivity index is 1.57. The minimum Gasteiger partial charge on any atom is -0.497 e. The van der Waals surface area contributed by atoms with Crippen molar-refractivity contribution in [2.24, 2.45) is 0 Å². The maximum absolute atomic E-state index is 12.3. The molecule has 0 aliphatic heterocycles. The molecule has 0 fully saturated rings. The van der Waals surface area contributed by atoms with Crippen molar-refractivity contribution in [3.63, 3.8) is 0 Å². The highest BCUT2D eigenvalue weighted by atomic mass is 35.5. The summed E-state index contributed by atoms with van der Waals surface area (Å²) in [6, 6.07) is 12.6. The summed E-state index contributed by atoms with van der Waals surface area (Å²) in [5.74, 6) is 1.47. The van der Waals surface area contributed by atoms with E-state index in [-0.39, 0.29) is 11.7 Å². The van der Waals surface area contributed by atoms with Gasteiger partial charge >= 0.3 is 0 Å². The van der Waals surface area contributed by atoms with E-state index < -0.39 is 0 Å². The summed E-state index contributed by atoms with van der Waals surface area (Å²) in [5, 5.41) is 14.5.